The molecule has 4 nitrogen and oxygen atoms in total. The van der Waals surface area contributed by atoms with Crippen molar-refractivity contribution in [2.75, 3.05) is 6.61 Å². The van der Waals surface area contributed by atoms with E-state index in [1.54, 1.807) is 0 Å². The lowest BCUT2D eigenvalue weighted by Crippen LogP contribution is -2.14. The molecule has 1 aromatic rings. The highest BCUT2D eigenvalue weighted by Gasteiger charge is 2.01. The summed E-state index contributed by atoms with van der Waals surface area (Å²) >= 11 is 0. The van der Waals surface area contributed by atoms with E-state index in [-0.39, 0.29) is 0 Å². The Hall–Kier alpha value is -1.84. The fourth-order valence-electron chi connectivity index (χ4n) is 1.16. The summed E-state index contributed by atoms with van der Waals surface area (Å²) in [6.45, 7) is 2.41. The van der Waals surface area contributed by atoms with Crippen LogP contribution in [0.2, 0.25) is 0 Å². The van der Waals surface area contributed by atoms with Gasteiger partial charge >= 0.3 is 0 Å². The van der Waals surface area contributed by atoms with E-state index in [2.05, 4.69) is 10.5 Å². The molecule has 0 bridgehead atoms. The van der Waals surface area contributed by atoms with E-state index in [4.69, 9.17) is 4.74 Å². The predicted molar refractivity (Wildman–Crippen MR) is 58.4 cm³/mol. The summed E-state index contributed by atoms with van der Waals surface area (Å²) in [5.41, 5.74) is 3.33. The fourth-order valence-corrected chi connectivity index (χ4v) is 1.16. The number of nitrogens with zero attached hydrogens (tertiary/aromatic N) is 1. The van der Waals surface area contributed by atoms with E-state index in [9.17, 15) is 4.79 Å². The van der Waals surface area contributed by atoms with Gasteiger partial charge in [-0.25, -0.2) is 5.43 Å². The average Bonchev–Trinajstić information content (AvgIpc) is 2.28. The molecule has 0 atom stereocenters. The molecule has 0 aliphatic rings. The van der Waals surface area contributed by atoms with Crippen LogP contribution in [0.3, 0.4) is 0 Å². The molecule has 0 aliphatic heterocycles. The van der Waals surface area contributed by atoms with Crippen LogP contribution in [0, 0.1) is 0 Å². The van der Waals surface area contributed by atoms with Crippen molar-refractivity contribution >= 4 is 12.3 Å². The summed E-state index contributed by atoms with van der Waals surface area (Å²) < 4.78 is 5.28. The van der Waals surface area contributed by atoms with E-state index in [1.807, 2.05) is 37.3 Å². The monoisotopic (exact) mass is 206 g/mol. The quantitative estimate of drug-likeness (QED) is 0.342. The summed E-state index contributed by atoms with van der Waals surface area (Å²) in [7, 11) is 0. The molecule has 0 saturated carbocycles. The minimum atomic E-state index is 0.510. The molecular weight excluding hydrogens is 192 g/mol. The number of nitrogens with one attached hydrogen (secondary N) is 1. The van der Waals surface area contributed by atoms with Crippen molar-refractivity contribution < 1.29 is 9.53 Å². The van der Waals surface area contributed by atoms with Crippen LogP contribution in [0.25, 0.3) is 0 Å². The van der Waals surface area contributed by atoms with Crippen LogP contribution in [0.15, 0.2) is 35.4 Å². The molecule has 0 fully saturated rings. The highest BCUT2D eigenvalue weighted by Crippen LogP contribution is 2.01. The Bertz CT molecular complexity index is 323. The number of hydrogen-bond acceptors (Lipinski definition) is 3. The number of carbonyl (C=O) groups is 1. The van der Waals surface area contributed by atoms with Crippen molar-refractivity contribution in [1.82, 2.24) is 5.43 Å². The Morgan fingerprint density at radius 1 is 1.47 bits per heavy atom. The van der Waals surface area contributed by atoms with E-state index < -0.39 is 0 Å². The third-order valence-electron chi connectivity index (χ3n) is 1.75. The number of carbonyl (C=O) groups excluding carboxylic acids is 1. The first-order valence-electron chi connectivity index (χ1n) is 4.79. The van der Waals surface area contributed by atoms with Crippen LogP contribution < -0.4 is 5.43 Å². The molecule has 0 heterocycles. The second-order valence-electron chi connectivity index (χ2n) is 2.85. The topological polar surface area (TPSA) is 50.7 Å². The Labute approximate surface area is 88.9 Å². The normalized spacial score (nSPS) is 10.9. The van der Waals surface area contributed by atoms with E-state index in [1.165, 1.54) is 0 Å². The van der Waals surface area contributed by atoms with Gasteiger partial charge in [-0.3, -0.25) is 4.79 Å². The van der Waals surface area contributed by atoms with Crippen molar-refractivity contribution in [1.29, 1.82) is 0 Å². The number of benzene rings is 1. The Morgan fingerprint density at radius 3 is 2.80 bits per heavy atom. The first-order chi connectivity index (χ1) is 7.36. The standard InChI is InChI=1S/C11H14N2O2/c1-2-15-11(13-12-9-14)8-10-6-4-3-5-7-10/h3-7,9H,2,8H2,1H3,(H,12,14)/b13-11+. The zero-order valence-electron chi connectivity index (χ0n) is 8.64. The summed E-state index contributed by atoms with van der Waals surface area (Å²) in [5, 5.41) is 3.80. The SMILES string of the molecule is CCO/C(Cc1ccccc1)=N/NC=O. The molecule has 0 spiro atoms. The molecule has 1 N–H and O–H groups in total. The minimum Gasteiger partial charge on any atom is -0.480 e. The van der Waals surface area contributed by atoms with Crippen molar-refractivity contribution in [2.45, 2.75) is 13.3 Å². The minimum absolute atomic E-state index is 0.510. The van der Waals surface area contributed by atoms with Gasteiger partial charge in [0.05, 0.1) is 13.0 Å². The fraction of sp³-hybridized carbons (Fsp3) is 0.273. The molecule has 1 amide bonds. The highest BCUT2D eigenvalue weighted by atomic mass is 16.5. The zero-order valence-corrected chi connectivity index (χ0v) is 8.64. The lowest BCUT2D eigenvalue weighted by molar-refractivity contribution is -0.109. The van der Waals surface area contributed by atoms with Crippen LogP contribution in [0.4, 0.5) is 0 Å². The van der Waals surface area contributed by atoms with Crippen LogP contribution in [0.1, 0.15) is 12.5 Å². The van der Waals surface area contributed by atoms with Gasteiger partial charge in [-0.15, -0.1) is 5.10 Å². The number of hydrazone groups is 1. The first-order valence-corrected chi connectivity index (χ1v) is 4.79. The summed E-state index contributed by atoms with van der Waals surface area (Å²) in [6, 6.07) is 9.81. The van der Waals surface area contributed by atoms with Gasteiger partial charge in [-0.1, -0.05) is 30.3 Å². The summed E-state index contributed by atoms with van der Waals surface area (Å²) in [6.07, 6.45) is 1.10. The van der Waals surface area contributed by atoms with Crippen LogP contribution in [-0.4, -0.2) is 18.9 Å². The molecule has 1 rings (SSSR count). The lowest BCUT2D eigenvalue weighted by atomic mass is 10.1. The van der Waals surface area contributed by atoms with E-state index in [0.717, 1.165) is 5.56 Å². The van der Waals surface area contributed by atoms with Gasteiger partial charge in [0.2, 0.25) is 12.3 Å². The zero-order chi connectivity index (χ0) is 10.9. The smallest absolute Gasteiger partial charge is 0.227 e. The summed E-state index contributed by atoms with van der Waals surface area (Å²) in [5.74, 6) is 0.510. The van der Waals surface area contributed by atoms with Gasteiger partial charge in [-0.05, 0) is 12.5 Å². The maximum absolute atomic E-state index is 10.1. The van der Waals surface area contributed by atoms with Gasteiger partial charge in [0, 0.05) is 0 Å². The van der Waals surface area contributed by atoms with Crippen molar-refractivity contribution in [2.24, 2.45) is 5.10 Å². The summed E-state index contributed by atoms with van der Waals surface area (Å²) in [4.78, 5) is 10.1. The van der Waals surface area contributed by atoms with Crippen LogP contribution in [-0.2, 0) is 16.0 Å². The van der Waals surface area contributed by atoms with Crippen molar-refractivity contribution in [3.05, 3.63) is 35.9 Å². The Kier molecular flexibility index (Phi) is 4.94. The third kappa shape index (κ3) is 4.26. The first kappa shape index (κ1) is 11.2. The molecule has 0 radical (unpaired) electrons. The van der Waals surface area contributed by atoms with Gasteiger partial charge < -0.3 is 4.74 Å². The number of hydrogen-bond donors (Lipinski definition) is 1. The highest BCUT2D eigenvalue weighted by molar-refractivity contribution is 5.79. The van der Waals surface area contributed by atoms with Gasteiger partial charge in [0.1, 0.15) is 0 Å². The largest absolute Gasteiger partial charge is 0.480 e. The molecule has 80 valence electrons. The molecule has 0 aromatic heterocycles. The Balaban J connectivity index is 2.62. The average molecular weight is 206 g/mol. The Morgan fingerprint density at radius 2 is 2.20 bits per heavy atom. The maximum atomic E-state index is 10.1. The predicted octanol–water partition coefficient (Wildman–Crippen LogP) is 1.33. The van der Waals surface area contributed by atoms with Crippen molar-refractivity contribution in [3.63, 3.8) is 0 Å². The number of amides is 1. The second-order valence-corrected chi connectivity index (χ2v) is 2.85. The molecule has 4 heteroatoms. The number of ether oxygens (including phenoxy) is 1. The van der Waals surface area contributed by atoms with Crippen LogP contribution >= 0.6 is 0 Å². The van der Waals surface area contributed by atoms with E-state index in [0.29, 0.717) is 25.3 Å². The molecule has 0 unspecified atom stereocenters. The van der Waals surface area contributed by atoms with Gasteiger partial charge in [0.15, 0.2) is 0 Å². The van der Waals surface area contributed by atoms with Gasteiger partial charge in [-0.2, -0.15) is 0 Å². The van der Waals surface area contributed by atoms with E-state index >= 15 is 0 Å². The van der Waals surface area contributed by atoms with Gasteiger partial charge in [0.25, 0.3) is 0 Å². The molecule has 0 saturated heterocycles. The van der Waals surface area contributed by atoms with Crippen molar-refractivity contribution in [3.8, 4) is 0 Å². The third-order valence-corrected chi connectivity index (χ3v) is 1.75. The molecule has 15 heavy (non-hydrogen) atoms. The van der Waals surface area contributed by atoms with Crippen LogP contribution in [0.5, 0.6) is 0 Å². The molecular formula is C11H14N2O2. The molecule has 0 aliphatic carbocycles. The molecule has 1 aromatic carbocycles. The lowest BCUT2D eigenvalue weighted by Gasteiger charge is -2.06. The number of rotatable bonds is 5. The maximum Gasteiger partial charge on any atom is 0.227 e. The second kappa shape index (κ2) is 6.59.